The number of piperidine rings is 1. The van der Waals surface area contributed by atoms with Crippen molar-refractivity contribution in [3.63, 3.8) is 0 Å². The predicted molar refractivity (Wildman–Crippen MR) is 120 cm³/mol. The normalized spacial score (nSPS) is 16.4. The van der Waals surface area contributed by atoms with Crippen molar-refractivity contribution < 1.29 is 4.79 Å². The highest BCUT2D eigenvalue weighted by Crippen LogP contribution is 2.34. The topological polar surface area (TPSA) is 80.0 Å². The maximum Gasteiger partial charge on any atom is 0.244 e. The van der Waals surface area contributed by atoms with Crippen molar-refractivity contribution in [3.8, 4) is 11.1 Å². The number of hydrogen-bond donors (Lipinski definition) is 0. The Labute approximate surface area is 186 Å². The largest absolute Gasteiger partial charge is 0.347 e. The van der Waals surface area contributed by atoms with Crippen LogP contribution in [0.3, 0.4) is 0 Å². The first kappa shape index (κ1) is 21.2. The Kier molecular flexibility index (Phi) is 6.18. The van der Waals surface area contributed by atoms with Crippen molar-refractivity contribution in [2.24, 2.45) is 0 Å². The van der Waals surface area contributed by atoms with Gasteiger partial charge in [0.05, 0.1) is 11.4 Å². The molecule has 1 aliphatic heterocycles. The van der Waals surface area contributed by atoms with Crippen LogP contribution in [0.15, 0.2) is 36.7 Å². The number of halogens is 1. The van der Waals surface area contributed by atoms with E-state index in [1.807, 2.05) is 61.3 Å². The fourth-order valence-electron chi connectivity index (χ4n) is 3.90. The summed E-state index contributed by atoms with van der Waals surface area (Å²) in [5.41, 5.74) is 3.77. The Morgan fingerprint density at radius 1 is 1.26 bits per heavy atom. The molecule has 1 aliphatic rings. The SMILES string of the molecule is Cc1cn(CC(=O)N2CCC[C@H](c3nc(N(C)C)ncc3-c3ccc(Cl)cc3)C2)nn1. The molecule has 1 atom stereocenters. The van der Waals surface area contributed by atoms with Gasteiger partial charge in [-0.3, -0.25) is 4.79 Å². The minimum atomic E-state index is 0.0459. The number of benzene rings is 1. The molecule has 0 N–H and O–H groups in total. The Bertz CT molecular complexity index is 1060. The van der Waals surface area contributed by atoms with Crippen LogP contribution in [0.2, 0.25) is 5.02 Å². The summed E-state index contributed by atoms with van der Waals surface area (Å²) in [7, 11) is 3.86. The number of anilines is 1. The van der Waals surface area contributed by atoms with Crippen molar-refractivity contribution in [3.05, 3.63) is 53.1 Å². The lowest BCUT2D eigenvalue weighted by atomic mass is 9.90. The first-order valence-electron chi connectivity index (χ1n) is 10.4. The third-order valence-electron chi connectivity index (χ3n) is 5.47. The summed E-state index contributed by atoms with van der Waals surface area (Å²) in [6.45, 7) is 3.42. The molecule has 3 heterocycles. The summed E-state index contributed by atoms with van der Waals surface area (Å²) in [6, 6.07) is 7.71. The lowest BCUT2D eigenvalue weighted by Crippen LogP contribution is -2.41. The van der Waals surface area contributed by atoms with Crippen LogP contribution in [0.5, 0.6) is 0 Å². The van der Waals surface area contributed by atoms with Gasteiger partial charge < -0.3 is 9.80 Å². The Morgan fingerprint density at radius 2 is 2.03 bits per heavy atom. The molecule has 162 valence electrons. The van der Waals surface area contributed by atoms with Gasteiger partial charge in [-0.2, -0.15) is 0 Å². The molecule has 9 heteroatoms. The van der Waals surface area contributed by atoms with Gasteiger partial charge >= 0.3 is 0 Å². The van der Waals surface area contributed by atoms with Gasteiger partial charge in [0.15, 0.2) is 0 Å². The van der Waals surface area contributed by atoms with Gasteiger partial charge in [0.25, 0.3) is 0 Å². The van der Waals surface area contributed by atoms with Crippen LogP contribution in [0, 0.1) is 6.92 Å². The van der Waals surface area contributed by atoms with Crippen LogP contribution in [0.1, 0.15) is 30.1 Å². The highest BCUT2D eigenvalue weighted by atomic mass is 35.5. The molecule has 1 saturated heterocycles. The zero-order chi connectivity index (χ0) is 22.0. The summed E-state index contributed by atoms with van der Waals surface area (Å²) in [4.78, 5) is 26.1. The molecule has 0 saturated carbocycles. The summed E-state index contributed by atoms with van der Waals surface area (Å²) >= 11 is 6.08. The number of aromatic nitrogens is 5. The molecule has 3 aromatic rings. The van der Waals surface area contributed by atoms with Gasteiger partial charge in [-0.1, -0.05) is 28.9 Å². The minimum Gasteiger partial charge on any atom is -0.347 e. The highest BCUT2D eigenvalue weighted by Gasteiger charge is 2.28. The molecule has 0 radical (unpaired) electrons. The van der Waals surface area contributed by atoms with E-state index in [0.29, 0.717) is 17.5 Å². The van der Waals surface area contributed by atoms with Gasteiger partial charge in [-0.25, -0.2) is 14.6 Å². The average Bonchev–Trinajstić information content (AvgIpc) is 3.18. The van der Waals surface area contributed by atoms with E-state index in [4.69, 9.17) is 16.6 Å². The van der Waals surface area contributed by atoms with Crippen molar-refractivity contribution >= 4 is 23.5 Å². The number of rotatable bonds is 5. The molecule has 31 heavy (non-hydrogen) atoms. The lowest BCUT2D eigenvalue weighted by Gasteiger charge is -2.33. The van der Waals surface area contributed by atoms with Crippen LogP contribution >= 0.6 is 11.6 Å². The zero-order valence-electron chi connectivity index (χ0n) is 18.0. The zero-order valence-corrected chi connectivity index (χ0v) is 18.7. The molecule has 1 fully saturated rings. The molecule has 0 bridgehead atoms. The number of nitrogens with zero attached hydrogens (tertiary/aromatic N) is 7. The van der Waals surface area contributed by atoms with Crippen LogP contribution in [0.4, 0.5) is 5.95 Å². The monoisotopic (exact) mass is 439 g/mol. The van der Waals surface area contributed by atoms with Crippen molar-refractivity contribution in [2.75, 3.05) is 32.1 Å². The van der Waals surface area contributed by atoms with E-state index in [0.717, 1.165) is 41.9 Å². The molecule has 0 unspecified atom stereocenters. The van der Waals surface area contributed by atoms with Crippen LogP contribution in [-0.2, 0) is 11.3 Å². The van der Waals surface area contributed by atoms with E-state index in [2.05, 4.69) is 15.3 Å². The van der Waals surface area contributed by atoms with Crippen molar-refractivity contribution in [1.82, 2.24) is 29.9 Å². The Balaban J connectivity index is 1.61. The van der Waals surface area contributed by atoms with Gasteiger partial charge in [0.2, 0.25) is 11.9 Å². The number of likely N-dealkylation sites (tertiary alicyclic amines) is 1. The first-order valence-corrected chi connectivity index (χ1v) is 10.7. The number of carbonyl (C=O) groups is 1. The second kappa shape index (κ2) is 9.01. The van der Waals surface area contributed by atoms with E-state index >= 15 is 0 Å². The minimum absolute atomic E-state index is 0.0459. The second-order valence-electron chi connectivity index (χ2n) is 8.11. The van der Waals surface area contributed by atoms with Gasteiger partial charge in [-0.15, -0.1) is 5.10 Å². The highest BCUT2D eigenvalue weighted by molar-refractivity contribution is 6.30. The molecule has 2 aromatic heterocycles. The predicted octanol–water partition coefficient (Wildman–Crippen LogP) is 3.17. The van der Waals surface area contributed by atoms with E-state index in [9.17, 15) is 4.79 Å². The quantitative estimate of drug-likeness (QED) is 0.607. The molecule has 0 spiro atoms. The molecular formula is C22H26ClN7O. The summed E-state index contributed by atoms with van der Waals surface area (Å²) in [6.07, 6.45) is 5.55. The number of carbonyl (C=O) groups excluding carboxylic acids is 1. The number of amides is 1. The van der Waals surface area contributed by atoms with Crippen molar-refractivity contribution in [1.29, 1.82) is 0 Å². The molecule has 1 aromatic carbocycles. The Hall–Kier alpha value is -3.00. The molecule has 1 amide bonds. The van der Waals surface area contributed by atoms with Gasteiger partial charge in [0, 0.05) is 56.1 Å². The standard InChI is InChI=1S/C22H26ClN7O/c1-15-12-30(27-26-15)14-20(31)29-10-4-5-17(13-29)21-19(11-24-22(25-21)28(2)3)16-6-8-18(23)9-7-16/h6-9,11-12,17H,4-5,10,13-14H2,1-3H3/t17-/m0/s1. The smallest absolute Gasteiger partial charge is 0.244 e. The third kappa shape index (κ3) is 4.85. The van der Waals surface area contributed by atoms with Crippen LogP contribution < -0.4 is 4.90 Å². The molecular weight excluding hydrogens is 414 g/mol. The van der Waals surface area contributed by atoms with Crippen LogP contribution in [-0.4, -0.2) is 63.0 Å². The fraction of sp³-hybridized carbons (Fsp3) is 0.409. The van der Waals surface area contributed by atoms with Gasteiger partial charge in [-0.05, 0) is 37.5 Å². The molecule has 0 aliphatic carbocycles. The Morgan fingerprint density at radius 3 is 2.71 bits per heavy atom. The van der Waals surface area contributed by atoms with Crippen molar-refractivity contribution in [2.45, 2.75) is 32.2 Å². The fourth-order valence-corrected chi connectivity index (χ4v) is 4.03. The molecule has 8 nitrogen and oxygen atoms in total. The summed E-state index contributed by atoms with van der Waals surface area (Å²) in [5.74, 6) is 0.835. The number of hydrogen-bond acceptors (Lipinski definition) is 6. The summed E-state index contributed by atoms with van der Waals surface area (Å²) in [5, 5.41) is 8.66. The molecule has 4 rings (SSSR count). The summed E-state index contributed by atoms with van der Waals surface area (Å²) < 4.78 is 1.59. The lowest BCUT2D eigenvalue weighted by molar-refractivity contribution is -0.133. The maximum atomic E-state index is 12.9. The van der Waals surface area contributed by atoms with E-state index in [-0.39, 0.29) is 18.4 Å². The van der Waals surface area contributed by atoms with E-state index < -0.39 is 0 Å². The second-order valence-corrected chi connectivity index (χ2v) is 8.54. The van der Waals surface area contributed by atoms with Gasteiger partial charge in [0.1, 0.15) is 6.54 Å². The average molecular weight is 440 g/mol. The number of aryl methyl sites for hydroxylation is 1. The first-order chi connectivity index (χ1) is 14.9. The van der Waals surface area contributed by atoms with E-state index in [1.165, 1.54) is 0 Å². The maximum absolute atomic E-state index is 12.9. The van der Waals surface area contributed by atoms with Crippen LogP contribution in [0.25, 0.3) is 11.1 Å². The third-order valence-corrected chi connectivity index (χ3v) is 5.72. The van der Waals surface area contributed by atoms with E-state index in [1.54, 1.807) is 10.9 Å².